The van der Waals surface area contributed by atoms with Gasteiger partial charge in [-0.1, -0.05) is 6.92 Å². The summed E-state index contributed by atoms with van der Waals surface area (Å²) >= 11 is 1.60. The second-order valence-corrected chi connectivity index (χ2v) is 15.1. The quantitative estimate of drug-likeness (QED) is 0.0164. The number of nitrogens with zero attached hydrogens (tertiary/aromatic N) is 1. The number of carboxylic acid groups (broad SMARTS) is 6. The highest BCUT2D eigenvalue weighted by Gasteiger charge is 2.16. The fourth-order valence-electron chi connectivity index (χ4n) is 3.95. The summed E-state index contributed by atoms with van der Waals surface area (Å²) in [4.78, 5) is 86.1. The highest BCUT2D eigenvalue weighted by Crippen LogP contribution is 2.05. The first-order valence-electron chi connectivity index (χ1n) is 20.8. The van der Waals surface area contributed by atoms with Crippen LogP contribution in [0.3, 0.4) is 0 Å². The fourth-order valence-corrected chi connectivity index (χ4v) is 4.44. The summed E-state index contributed by atoms with van der Waals surface area (Å²) in [6.07, 6.45) is 7.52. The molecule has 0 radical (unpaired) electrons. The molecule has 22 N–H and O–H groups in total. The number of guanidine groups is 1. The lowest BCUT2D eigenvalue weighted by Crippen LogP contribution is -2.33. The van der Waals surface area contributed by atoms with Crippen LogP contribution in [0.15, 0.2) is 4.99 Å². The predicted octanol–water partition coefficient (Wildman–Crippen LogP) is -2.18. The lowest BCUT2D eigenvalue weighted by Gasteiger charge is -2.12. The summed E-state index contributed by atoms with van der Waals surface area (Å²) in [7, 11) is 7.53. The van der Waals surface area contributed by atoms with E-state index in [1.165, 1.54) is 14.2 Å². The standard InChI is InChI=1S/C8H18N4O2.C7H14N2O3.C7H13NO4.C7H15NO3.C5H11NO3.C5H11NO2S/c1-11-8(10)12-5-3-2-4-6(9)7(13)14;1-9-6(10)4-2-3-5(8)7(11)12;1-12-6(9)4-2-3-5(8)7(10)11;1-5(4-11-2)3-6(8)7(9)10;2*1-9-3-2-4(6)5(7)8/h6H,2-5,9H2,1H3,(H,13,14)(H3,10,11,12);5H,2-4,8H2,1H3,(H,9,10)(H,11,12);5H,2-4,8H2,1H3,(H,10,11);5-6H,3-4,8H2,1-2H3,(H,9,10);2*4H,2-3,6H2,1H3,(H,7,8)/t6-;2*5-;5-,6+;2*4-/m111011/s1. The summed E-state index contributed by atoms with van der Waals surface area (Å²) < 4.78 is 13.8. The van der Waals surface area contributed by atoms with Crippen LogP contribution in [0.1, 0.15) is 84.0 Å². The molecule has 0 bridgehead atoms. The van der Waals surface area contributed by atoms with E-state index in [1.807, 2.05) is 13.2 Å². The Bertz CT molecular complexity index is 1310. The van der Waals surface area contributed by atoms with E-state index in [0.717, 1.165) is 18.6 Å². The molecule has 396 valence electrons. The van der Waals surface area contributed by atoms with Crippen molar-refractivity contribution in [3.05, 3.63) is 0 Å². The molecule has 0 fully saturated rings. The summed E-state index contributed by atoms with van der Waals surface area (Å²) in [5.41, 5.74) is 36.7. The third kappa shape index (κ3) is 59.0. The van der Waals surface area contributed by atoms with Gasteiger partial charge >= 0.3 is 41.8 Å². The van der Waals surface area contributed by atoms with Gasteiger partial charge in [-0.15, -0.1) is 0 Å². The molecule has 7 atom stereocenters. The topological polar surface area (TPSA) is 504 Å². The third-order valence-corrected chi connectivity index (χ3v) is 8.73. The number of amides is 1. The second-order valence-electron chi connectivity index (χ2n) is 14.1. The Morgan fingerprint density at radius 2 is 1.00 bits per heavy atom. The third-order valence-electron chi connectivity index (χ3n) is 8.09. The van der Waals surface area contributed by atoms with Crippen LogP contribution < -0.4 is 50.8 Å². The Hall–Kier alpha value is -4.94. The van der Waals surface area contributed by atoms with Gasteiger partial charge in [0.1, 0.15) is 36.3 Å². The lowest BCUT2D eigenvalue weighted by atomic mass is 10.0. The van der Waals surface area contributed by atoms with Crippen molar-refractivity contribution in [3.63, 3.8) is 0 Å². The minimum atomic E-state index is -1.04. The van der Waals surface area contributed by atoms with E-state index in [9.17, 15) is 38.4 Å². The van der Waals surface area contributed by atoms with E-state index < -0.39 is 72.1 Å². The van der Waals surface area contributed by atoms with Gasteiger partial charge in [-0.3, -0.25) is 43.3 Å². The fraction of sp³-hybridized carbons (Fsp3) is 0.769. The summed E-state index contributed by atoms with van der Waals surface area (Å²) in [5, 5.41) is 55.5. The van der Waals surface area contributed by atoms with E-state index in [0.29, 0.717) is 83.5 Å². The van der Waals surface area contributed by atoms with Gasteiger partial charge in [-0.2, -0.15) is 11.8 Å². The van der Waals surface area contributed by atoms with Crippen LogP contribution in [0, 0.1) is 5.92 Å². The Morgan fingerprint density at radius 3 is 1.36 bits per heavy atom. The predicted molar refractivity (Wildman–Crippen MR) is 252 cm³/mol. The Balaban J connectivity index is -0.000000168. The maximum absolute atomic E-state index is 10.7. The number of unbranched alkanes of at least 4 members (excludes halogenated alkanes) is 1. The van der Waals surface area contributed by atoms with E-state index in [1.54, 1.807) is 33.0 Å². The van der Waals surface area contributed by atoms with Crippen LogP contribution in [0.25, 0.3) is 0 Å². The largest absolute Gasteiger partial charge is 0.480 e. The smallest absolute Gasteiger partial charge is 0.320 e. The van der Waals surface area contributed by atoms with Crippen molar-refractivity contribution in [2.75, 3.05) is 67.2 Å². The Kier molecular flexibility index (Phi) is 55.5. The first-order valence-corrected chi connectivity index (χ1v) is 22.2. The number of hydrogen-bond donors (Lipinski definition) is 15. The van der Waals surface area contributed by atoms with E-state index in [2.05, 4.69) is 25.1 Å². The van der Waals surface area contributed by atoms with Crippen molar-refractivity contribution in [2.45, 2.75) is 120 Å². The average Bonchev–Trinajstić information content (AvgIpc) is 3.27. The molecule has 0 aliphatic carbocycles. The minimum absolute atomic E-state index is 0.0902. The molecule has 27 nitrogen and oxygen atoms in total. The second kappa shape index (κ2) is 50.5. The van der Waals surface area contributed by atoms with Gasteiger partial charge < -0.3 is 95.6 Å². The monoisotopic (exact) mass is 995 g/mol. The van der Waals surface area contributed by atoms with Crippen LogP contribution >= 0.6 is 11.8 Å². The van der Waals surface area contributed by atoms with Crippen LogP contribution in [0.4, 0.5) is 0 Å². The number of carbonyl (C=O) groups excluding carboxylic acids is 2. The molecule has 0 saturated heterocycles. The van der Waals surface area contributed by atoms with Gasteiger partial charge in [0.05, 0.1) is 7.11 Å². The van der Waals surface area contributed by atoms with Gasteiger partial charge in [-0.05, 0) is 82.1 Å². The number of rotatable bonds is 29. The number of nitrogens with two attached hydrogens (primary N) is 7. The molecule has 0 unspecified atom stereocenters. The molecule has 0 aliphatic heterocycles. The van der Waals surface area contributed by atoms with Crippen molar-refractivity contribution < 1.29 is 83.2 Å². The normalized spacial score (nSPS) is 13.4. The Morgan fingerprint density at radius 1 is 0.597 bits per heavy atom. The Labute approximate surface area is 397 Å². The number of nitrogens with one attached hydrogen (secondary N) is 2. The van der Waals surface area contributed by atoms with Crippen LogP contribution in [-0.2, 0) is 52.6 Å². The van der Waals surface area contributed by atoms with E-state index in [-0.39, 0.29) is 24.2 Å². The first kappa shape index (κ1) is 73.6. The number of aliphatic carboxylic acids is 6. The SMILES string of the molecule is CN=C(N)NCCCC[C@@H](N)C(=O)O.CNC(=O)CCC[C@@H](N)C(=O)O.COC(=O)CCC[C@@H](N)C(=O)O.COCC[C@@H](N)C(=O)O.COC[C@@H](C)C[C@@H](N)C(=O)O.CSCC[C@@H](N)C(=O)O. The molecule has 1 amide bonds. The number of ether oxygens (including phenoxy) is 3. The van der Waals surface area contributed by atoms with Gasteiger partial charge in [0, 0.05) is 60.9 Å². The average molecular weight is 995 g/mol. The van der Waals surface area contributed by atoms with Crippen molar-refractivity contribution in [2.24, 2.45) is 51.0 Å². The molecule has 0 rings (SSSR count). The molecule has 0 aromatic carbocycles. The number of carboxylic acids is 6. The number of carbonyl (C=O) groups is 8. The summed E-state index contributed by atoms with van der Waals surface area (Å²) in [5.74, 6) is -4.88. The lowest BCUT2D eigenvalue weighted by molar-refractivity contribution is -0.142. The maximum atomic E-state index is 10.7. The molecule has 0 spiro atoms. The summed E-state index contributed by atoms with van der Waals surface area (Å²) in [6.45, 7) is 3.55. The molecule has 67 heavy (non-hydrogen) atoms. The van der Waals surface area contributed by atoms with E-state index >= 15 is 0 Å². The highest BCUT2D eigenvalue weighted by molar-refractivity contribution is 7.98. The van der Waals surface area contributed by atoms with Crippen LogP contribution in [-0.4, -0.2) is 188 Å². The molecule has 0 aliphatic rings. The van der Waals surface area contributed by atoms with Crippen molar-refractivity contribution in [1.29, 1.82) is 0 Å². The van der Waals surface area contributed by atoms with Gasteiger partial charge in [0.15, 0.2) is 5.96 Å². The van der Waals surface area contributed by atoms with Crippen molar-refractivity contribution >= 4 is 65.4 Å². The van der Waals surface area contributed by atoms with Crippen LogP contribution in [0.2, 0.25) is 0 Å². The van der Waals surface area contributed by atoms with Gasteiger partial charge in [0.2, 0.25) is 5.91 Å². The number of thioether (sulfide) groups is 1. The van der Waals surface area contributed by atoms with Gasteiger partial charge in [-0.25, -0.2) is 0 Å². The molecular weight excluding hydrogens is 913 g/mol. The number of hydrogen-bond acceptors (Lipinski definition) is 19. The molecule has 0 aromatic rings. The molecule has 0 aromatic heterocycles. The molecular formula is C39H82N10O17S. The zero-order chi connectivity index (χ0) is 53.5. The van der Waals surface area contributed by atoms with Crippen molar-refractivity contribution in [1.82, 2.24) is 10.6 Å². The molecule has 0 heterocycles. The number of aliphatic imine (C=N–C) groups is 1. The zero-order valence-corrected chi connectivity index (χ0v) is 40.7. The number of methoxy groups -OCH3 is 3. The molecule has 28 heteroatoms. The molecule has 0 saturated carbocycles. The minimum Gasteiger partial charge on any atom is -0.480 e. The van der Waals surface area contributed by atoms with Gasteiger partial charge in [0.25, 0.3) is 0 Å². The van der Waals surface area contributed by atoms with Crippen LogP contribution in [0.5, 0.6) is 0 Å². The first-order chi connectivity index (χ1) is 31.2. The van der Waals surface area contributed by atoms with Crippen molar-refractivity contribution in [3.8, 4) is 0 Å². The summed E-state index contributed by atoms with van der Waals surface area (Å²) in [6, 6.07) is -4.72. The number of esters is 1. The highest BCUT2D eigenvalue weighted by atomic mass is 32.2. The maximum Gasteiger partial charge on any atom is 0.320 e. The zero-order valence-electron chi connectivity index (χ0n) is 39.9. The van der Waals surface area contributed by atoms with E-state index in [4.69, 9.17) is 75.5 Å².